The molecule has 0 spiro atoms. The van der Waals surface area contributed by atoms with Gasteiger partial charge in [-0.05, 0) is 41.2 Å². The molecule has 142 valence electrons. The highest BCUT2D eigenvalue weighted by molar-refractivity contribution is 9.11. The van der Waals surface area contributed by atoms with Crippen LogP contribution in [-0.4, -0.2) is 36.1 Å². The van der Waals surface area contributed by atoms with Gasteiger partial charge < -0.3 is 14.5 Å². The van der Waals surface area contributed by atoms with Crippen LogP contribution in [0.2, 0.25) is 0 Å². The van der Waals surface area contributed by atoms with Crippen molar-refractivity contribution in [3.8, 4) is 11.5 Å². The van der Waals surface area contributed by atoms with Crippen LogP contribution in [0.4, 0.5) is 0 Å². The summed E-state index contributed by atoms with van der Waals surface area (Å²) in [6, 6.07) is 9.42. The lowest BCUT2D eigenvalue weighted by molar-refractivity contribution is 0.297. The van der Waals surface area contributed by atoms with Crippen molar-refractivity contribution in [2.45, 2.75) is 13.1 Å². The predicted octanol–water partition coefficient (Wildman–Crippen LogP) is 4.10. The number of nitrogens with zero attached hydrogens (tertiary/aromatic N) is 2. The van der Waals surface area contributed by atoms with Gasteiger partial charge in [-0.25, -0.2) is 4.98 Å². The maximum Gasteiger partial charge on any atom is 0.258 e. The van der Waals surface area contributed by atoms with E-state index in [1.807, 2.05) is 36.2 Å². The number of ether oxygens (including phenoxy) is 2. The van der Waals surface area contributed by atoms with Crippen molar-refractivity contribution < 1.29 is 9.47 Å². The van der Waals surface area contributed by atoms with Crippen LogP contribution >= 0.6 is 31.9 Å². The molecule has 3 aromatic rings. The molecule has 1 aromatic heterocycles. The average molecular weight is 497 g/mol. The van der Waals surface area contributed by atoms with Crippen LogP contribution in [0.5, 0.6) is 11.5 Å². The van der Waals surface area contributed by atoms with E-state index in [4.69, 9.17) is 9.47 Å². The summed E-state index contributed by atoms with van der Waals surface area (Å²) in [5, 5.41) is 0.539. The molecule has 0 unspecified atom stereocenters. The molecule has 1 heterocycles. The third kappa shape index (κ3) is 4.34. The first-order valence-corrected chi connectivity index (χ1v) is 9.78. The van der Waals surface area contributed by atoms with Crippen LogP contribution in [-0.2, 0) is 13.1 Å². The van der Waals surface area contributed by atoms with Crippen molar-refractivity contribution in [1.29, 1.82) is 0 Å². The Kier molecular flexibility index (Phi) is 6.18. The highest BCUT2D eigenvalue weighted by atomic mass is 79.9. The Hall–Kier alpha value is -1.90. The van der Waals surface area contributed by atoms with Gasteiger partial charge in [0.25, 0.3) is 5.56 Å². The number of rotatable bonds is 6. The number of methoxy groups -OCH3 is 2. The van der Waals surface area contributed by atoms with E-state index in [1.54, 1.807) is 20.3 Å². The quantitative estimate of drug-likeness (QED) is 0.556. The number of fused-ring (bicyclic) bond motifs is 1. The van der Waals surface area contributed by atoms with Crippen LogP contribution in [0, 0.1) is 0 Å². The molecule has 0 saturated heterocycles. The summed E-state index contributed by atoms with van der Waals surface area (Å²) < 4.78 is 12.4. The smallest absolute Gasteiger partial charge is 0.258 e. The average Bonchev–Trinajstić information content (AvgIpc) is 2.62. The number of aromatic nitrogens is 2. The minimum Gasteiger partial charge on any atom is -0.493 e. The van der Waals surface area contributed by atoms with E-state index in [9.17, 15) is 4.79 Å². The number of para-hydroxylation sites is 1. The van der Waals surface area contributed by atoms with Gasteiger partial charge in [0.15, 0.2) is 11.5 Å². The van der Waals surface area contributed by atoms with Crippen LogP contribution in [0.25, 0.3) is 10.9 Å². The van der Waals surface area contributed by atoms with Crippen LogP contribution in [0.3, 0.4) is 0 Å². The number of halogens is 2. The molecule has 0 amide bonds. The SMILES string of the molecule is COc1cccc(CN(C)Cc2nc3c(Br)cc(Br)cc3c(=O)[nH]2)c1OC. The topological polar surface area (TPSA) is 67.5 Å². The normalized spacial score (nSPS) is 11.2. The highest BCUT2D eigenvalue weighted by Crippen LogP contribution is 2.31. The lowest BCUT2D eigenvalue weighted by Gasteiger charge is -2.19. The third-order valence-electron chi connectivity index (χ3n) is 4.12. The van der Waals surface area contributed by atoms with Gasteiger partial charge in [0.1, 0.15) is 5.82 Å². The predicted molar refractivity (Wildman–Crippen MR) is 112 cm³/mol. The van der Waals surface area contributed by atoms with Crippen molar-refractivity contribution in [2.75, 3.05) is 21.3 Å². The summed E-state index contributed by atoms with van der Waals surface area (Å²) in [6.07, 6.45) is 0. The summed E-state index contributed by atoms with van der Waals surface area (Å²) in [7, 11) is 5.20. The molecule has 0 bridgehead atoms. The lowest BCUT2D eigenvalue weighted by Crippen LogP contribution is -2.22. The fraction of sp³-hybridized carbons (Fsp3) is 0.263. The second kappa shape index (κ2) is 8.41. The molecule has 2 aromatic carbocycles. The van der Waals surface area contributed by atoms with Gasteiger partial charge in [-0.2, -0.15) is 0 Å². The first kappa shape index (κ1) is 19.9. The number of H-pyrrole nitrogens is 1. The van der Waals surface area contributed by atoms with Crippen LogP contribution in [0.15, 0.2) is 44.1 Å². The van der Waals surface area contributed by atoms with Gasteiger partial charge in [-0.3, -0.25) is 9.69 Å². The summed E-state index contributed by atoms with van der Waals surface area (Å²) in [6.45, 7) is 1.09. The number of aromatic amines is 1. The van der Waals surface area contributed by atoms with E-state index in [0.29, 0.717) is 41.3 Å². The Morgan fingerprint density at radius 1 is 1.15 bits per heavy atom. The largest absolute Gasteiger partial charge is 0.493 e. The number of hydrogen-bond acceptors (Lipinski definition) is 5. The molecule has 0 aliphatic rings. The van der Waals surface area contributed by atoms with Gasteiger partial charge in [-0.15, -0.1) is 0 Å². The molecule has 0 fully saturated rings. The minimum absolute atomic E-state index is 0.163. The molecule has 8 heteroatoms. The Morgan fingerprint density at radius 3 is 2.63 bits per heavy atom. The zero-order valence-electron chi connectivity index (χ0n) is 15.2. The molecule has 6 nitrogen and oxygen atoms in total. The summed E-state index contributed by atoms with van der Waals surface area (Å²) in [5.41, 5.74) is 1.47. The molecule has 27 heavy (non-hydrogen) atoms. The molecule has 1 N–H and O–H groups in total. The van der Waals surface area contributed by atoms with Crippen molar-refractivity contribution in [3.63, 3.8) is 0 Å². The molecule has 0 aliphatic carbocycles. The summed E-state index contributed by atoms with van der Waals surface area (Å²) in [5.74, 6) is 1.99. The molecule has 0 aliphatic heterocycles. The van der Waals surface area contributed by atoms with Crippen molar-refractivity contribution in [3.05, 3.63) is 61.0 Å². The molecule has 0 radical (unpaired) electrons. The zero-order valence-corrected chi connectivity index (χ0v) is 18.3. The first-order chi connectivity index (χ1) is 12.9. The maximum atomic E-state index is 12.4. The monoisotopic (exact) mass is 495 g/mol. The van der Waals surface area contributed by atoms with Crippen LogP contribution < -0.4 is 15.0 Å². The minimum atomic E-state index is -0.163. The highest BCUT2D eigenvalue weighted by Gasteiger charge is 2.14. The van der Waals surface area contributed by atoms with Gasteiger partial charge in [-0.1, -0.05) is 28.1 Å². The molecular formula is C19H19Br2N3O3. The second-order valence-electron chi connectivity index (χ2n) is 6.12. The van der Waals surface area contributed by atoms with Crippen molar-refractivity contribution >= 4 is 42.8 Å². The van der Waals surface area contributed by atoms with Crippen molar-refractivity contribution in [2.24, 2.45) is 0 Å². The molecular weight excluding hydrogens is 478 g/mol. The van der Waals surface area contributed by atoms with E-state index in [0.717, 1.165) is 14.5 Å². The number of hydrogen-bond donors (Lipinski definition) is 1. The number of benzene rings is 2. The Bertz CT molecular complexity index is 1040. The molecule has 3 rings (SSSR count). The maximum absolute atomic E-state index is 12.4. The Labute approximate surface area is 173 Å². The fourth-order valence-corrected chi connectivity index (χ4v) is 4.28. The third-order valence-corrected chi connectivity index (χ3v) is 5.18. The van der Waals surface area contributed by atoms with E-state index in [2.05, 4.69) is 41.8 Å². The lowest BCUT2D eigenvalue weighted by atomic mass is 10.1. The molecule has 0 atom stereocenters. The fourth-order valence-electron chi connectivity index (χ4n) is 2.97. The van der Waals surface area contributed by atoms with Gasteiger partial charge in [0.2, 0.25) is 0 Å². The standard InChI is InChI=1S/C19H19Br2N3O3/c1-24(9-11-5-4-6-15(26-2)18(11)27-3)10-16-22-17-13(19(25)23-16)7-12(20)8-14(17)21/h4-8H,9-10H2,1-3H3,(H,22,23,25). The Morgan fingerprint density at radius 2 is 1.93 bits per heavy atom. The number of nitrogens with one attached hydrogen (secondary N) is 1. The van der Waals surface area contributed by atoms with Gasteiger partial charge in [0, 0.05) is 21.1 Å². The van der Waals surface area contributed by atoms with E-state index in [-0.39, 0.29) is 5.56 Å². The van der Waals surface area contributed by atoms with E-state index >= 15 is 0 Å². The van der Waals surface area contributed by atoms with E-state index < -0.39 is 0 Å². The Balaban J connectivity index is 1.87. The van der Waals surface area contributed by atoms with Crippen LogP contribution in [0.1, 0.15) is 11.4 Å². The van der Waals surface area contributed by atoms with Gasteiger partial charge in [0.05, 0.1) is 31.7 Å². The van der Waals surface area contributed by atoms with E-state index in [1.165, 1.54) is 0 Å². The first-order valence-electron chi connectivity index (χ1n) is 8.19. The summed E-state index contributed by atoms with van der Waals surface area (Å²) in [4.78, 5) is 22.0. The summed E-state index contributed by atoms with van der Waals surface area (Å²) >= 11 is 6.88. The zero-order chi connectivity index (χ0) is 19.6. The second-order valence-corrected chi connectivity index (χ2v) is 7.89. The van der Waals surface area contributed by atoms with Crippen molar-refractivity contribution in [1.82, 2.24) is 14.9 Å². The molecule has 0 saturated carbocycles. The van der Waals surface area contributed by atoms with Gasteiger partial charge >= 0.3 is 0 Å².